The normalized spacial score (nSPS) is 19.8. The van der Waals surface area contributed by atoms with Crippen molar-refractivity contribution in [3.8, 4) is 0 Å². The quantitative estimate of drug-likeness (QED) is 0.787. The van der Waals surface area contributed by atoms with Gasteiger partial charge in [0.15, 0.2) is 0 Å². The number of amides is 1. The van der Waals surface area contributed by atoms with E-state index in [1.165, 1.54) is 38.5 Å². The minimum Gasteiger partial charge on any atom is -0.385 e. The Morgan fingerprint density at radius 1 is 1.00 bits per heavy atom. The summed E-state index contributed by atoms with van der Waals surface area (Å²) >= 11 is 0. The molecule has 2 saturated carbocycles. The summed E-state index contributed by atoms with van der Waals surface area (Å²) in [5.41, 5.74) is 2.03. The number of carbonyl (C=O) groups excluding carboxylic acids is 1. The van der Waals surface area contributed by atoms with Gasteiger partial charge in [-0.1, -0.05) is 31.7 Å². The lowest BCUT2D eigenvalue weighted by Gasteiger charge is -2.16. The molecular formula is C18H26N2O. The van der Waals surface area contributed by atoms with E-state index in [1.54, 1.807) is 0 Å². The van der Waals surface area contributed by atoms with Crippen molar-refractivity contribution in [2.24, 2.45) is 11.8 Å². The Balaban J connectivity index is 1.51. The third kappa shape index (κ3) is 4.48. The lowest BCUT2D eigenvalue weighted by molar-refractivity contribution is -0.117. The zero-order valence-electron chi connectivity index (χ0n) is 12.7. The summed E-state index contributed by atoms with van der Waals surface area (Å²) in [6.45, 7) is 1.06. The van der Waals surface area contributed by atoms with Gasteiger partial charge in [-0.3, -0.25) is 4.79 Å². The van der Waals surface area contributed by atoms with Gasteiger partial charge >= 0.3 is 0 Å². The molecule has 0 spiro atoms. The standard InChI is InChI=1S/C18H26N2O/c21-18(15-10-11-15)20-17-9-5-8-16(12-17)19-13-14-6-3-1-2-4-7-14/h5,8-9,12,14-15,19H,1-4,6-7,10-11,13H2,(H,20,21). The highest BCUT2D eigenvalue weighted by Gasteiger charge is 2.29. The van der Waals surface area contributed by atoms with Crippen LogP contribution in [0.25, 0.3) is 0 Å². The molecule has 0 saturated heterocycles. The maximum absolute atomic E-state index is 11.8. The zero-order valence-corrected chi connectivity index (χ0v) is 12.7. The van der Waals surface area contributed by atoms with Crippen LogP contribution in [0.1, 0.15) is 51.4 Å². The molecule has 1 amide bonds. The highest BCUT2D eigenvalue weighted by Crippen LogP contribution is 2.30. The first-order valence-electron chi connectivity index (χ1n) is 8.46. The molecule has 114 valence electrons. The van der Waals surface area contributed by atoms with Crippen LogP contribution in [0.4, 0.5) is 11.4 Å². The molecule has 3 nitrogen and oxygen atoms in total. The molecule has 3 heteroatoms. The number of rotatable bonds is 5. The van der Waals surface area contributed by atoms with Crippen molar-refractivity contribution in [3.63, 3.8) is 0 Å². The summed E-state index contributed by atoms with van der Waals surface area (Å²) in [5, 5.41) is 6.56. The highest BCUT2D eigenvalue weighted by molar-refractivity contribution is 5.94. The molecule has 21 heavy (non-hydrogen) atoms. The van der Waals surface area contributed by atoms with Crippen LogP contribution < -0.4 is 10.6 Å². The van der Waals surface area contributed by atoms with Gasteiger partial charge in [0.1, 0.15) is 0 Å². The molecule has 1 aromatic carbocycles. The van der Waals surface area contributed by atoms with Crippen LogP contribution in [0.2, 0.25) is 0 Å². The minimum absolute atomic E-state index is 0.177. The minimum atomic E-state index is 0.177. The van der Waals surface area contributed by atoms with E-state index in [4.69, 9.17) is 0 Å². The SMILES string of the molecule is O=C(Nc1cccc(NCC2CCCCCC2)c1)C1CC1. The van der Waals surface area contributed by atoms with E-state index >= 15 is 0 Å². The summed E-state index contributed by atoms with van der Waals surface area (Å²) in [4.78, 5) is 11.8. The second-order valence-corrected chi connectivity index (χ2v) is 6.58. The Labute approximate surface area is 127 Å². The van der Waals surface area contributed by atoms with E-state index in [0.29, 0.717) is 0 Å². The second-order valence-electron chi connectivity index (χ2n) is 6.58. The van der Waals surface area contributed by atoms with Gasteiger partial charge in [0.2, 0.25) is 5.91 Å². The van der Waals surface area contributed by atoms with Crippen LogP contribution in [0, 0.1) is 11.8 Å². The van der Waals surface area contributed by atoms with Crippen LogP contribution >= 0.6 is 0 Å². The number of carbonyl (C=O) groups is 1. The molecule has 0 aliphatic heterocycles. The molecule has 0 heterocycles. The van der Waals surface area contributed by atoms with Gasteiger partial charge in [0.05, 0.1) is 0 Å². The highest BCUT2D eigenvalue weighted by atomic mass is 16.2. The fourth-order valence-electron chi connectivity index (χ4n) is 3.13. The molecule has 1 aromatic rings. The average molecular weight is 286 g/mol. The van der Waals surface area contributed by atoms with Crippen molar-refractivity contribution in [2.75, 3.05) is 17.2 Å². The number of anilines is 2. The predicted octanol–water partition coefficient (Wildman–Crippen LogP) is 4.42. The zero-order chi connectivity index (χ0) is 14.5. The molecule has 3 rings (SSSR count). The van der Waals surface area contributed by atoms with Gasteiger partial charge in [-0.25, -0.2) is 0 Å². The van der Waals surface area contributed by atoms with E-state index in [2.05, 4.69) is 22.8 Å². The number of hydrogen-bond acceptors (Lipinski definition) is 2. The van der Waals surface area contributed by atoms with Crippen LogP contribution in [0.5, 0.6) is 0 Å². The average Bonchev–Trinajstić information content (AvgIpc) is 3.33. The molecule has 0 atom stereocenters. The Bertz CT molecular complexity index is 474. The summed E-state index contributed by atoms with van der Waals surface area (Å²) in [6.07, 6.45) is 10.4. The van der Waals surface area contributed by atoms with Gasteiger partial charge in [-0.2, -0.15) is 0 Å². The molecule has 0 aromatic heterocycles. The lowest BCUT2D eigenvalue weighted by Crippen LogP contribution is -2.15. The molecule has 0 radical (unpaired) electrons. The van der Waals surface area contributed by atoms with E-state index < -0.39 is 0 Å². The fourth-order valence-corrected chi connectivity index (χ4v) is 3.13. The summed E-state index contributed by atoms with van der Waals surface area (Å²) in [7, 11) is 0. The Morgan fingerprint density at radius 2 is 1.71 bits per heavy atom. The van der Waals surface area contributed by atoms with Crippen molar-refractivity contribution in [1.29, 1.82) is 0 Å². The molecule has 2 aliphatic rings. The van der Waals surface area contributed by atoms with Crippen molar-refractivity contribution >= 4 is 17.3 Å². The van der Waals surface area contributed by atoms with Gasteiger partial charge in [-0.05, 0) is 49.8 Å². The third-order valence-electron chi connectivity index (χ3n) is 4.65. The molecule has 2 aliphatic carbocycles. The van der Waals surface area contributed by atoms with Crippen LogP contribution in [-0.2, 0) is 4.79 Å². The molecule has 2 N–H and O–H groups in total. The summed E-state index contributed by atoms with van der Waals surface area (Å²) < 4.78 is 0. The monoisotopic (exact) mass is 286 g/mol. The van der Waals surface area contributed by atoms with Gasteiger partial charge in [0.25, 0.3) is 0 Å². The third-order valence-corrected chi connectivity index (χ3v) is 4.65. The smallest absolute Gasteiger partial charge is 0.227 e. The maximum Gasteiger partial charge on any atom is 0.227 e. The van der Waals surface area contributed by atoms with Crippen molar-refractivity contribution < 1.29 is 4.79 Å². The summed E-state index contributed by atoms with van der Waals surface area (Å²) in [6, 6.07) is 8.12. The first-order chi connectivity index (χ1) is 10.3. The molecule has 0 unspecified atom stereocenters. The largest absolute Gasteiger partial charge is 0.385 e. The maximum atomic E-state index is 11.8. The number of benzene rings is 1. The van der Waals surface area contributed by atoms with Crippen LogP contribution in [0.15, 0.2) is 24.3 Å². The van der Waals surface area contributed by atoms with Crippen molar-refractivity contribution in [1.82, 2.24) is 0 Å². The van der Waals surface area contributed by atoms with Gasteiger partial charge in [0, 0.05) is 23.8 Å². The molecular weight excluding hydrogens is 260 g/mol. The van der Waals surface area contributed by atoms with Crippen molar-refractivity contribution in [2.45, 2.75) is 51.4 Å². The van der Waals surface area contributed by atoms with E-state index in [1.807, 2.05) is 12.1 Å². The molecule has 0 bridgehead atoms. The molecule has 2 fully saturated rings. The topological polar surface area (TPSA) is 41.1 Å². The fraction of sp³-hybridized carbons (Fsp3) is 0.611. The van der Waals surface area contributed by atoms with Gasteiger partial charge < -0.3 is 10.6 Å². The van der Waals surface area contributed by atoms with E-state index in [0.717, 1.165) is 36.7 Å². The van der Waals surface area contributed by atoms with E-state index in [9.17, 15) is 4.79 Å². The Kier molecular flexibility index (Phi) is 4.79. The Hall–Kier alpha value is -1.51. The summed E-state index contributed by atoms with van der Waals surface area (Å²) in [5.74, 6) is 1.24. The van der Waals surface area contributed by atoms with Crippen LogP contribution in [0.3, 0.4) is 0 Å². The van der Waals surface area contributed by atoms with Crippen LogP contribution in [-0.4, -0.2) is 12.5 Å². The lowest BCUT2D eigenvalue weighted by atomic mass is 10.0. The number of nitrogens with one attached hydrogen (secondary N) is 2. The Morgan fingerprint density at radius 3 is 2.43 bits per heavy atom. The predicted molar refractivity (Wildman–Crippen MR) is 87.5 cm³/mol. The van der Waals surface area contributed by atoms with Crippen molar-refractivity contribution in [3.05, 3.63) is 24.3 Å². The number of hydrogen-bond donors (Lipinski definition) is 2. The first kappa shape index (κ1) is 14.4. The van der Waals surface area contributed by atoms with Gasteiger partial charge in [-0.15, -0.1) is 0 Å². The first-order valence-corrected chi connectivity index (χ1v) is 8.46. The van der Waals surface area contributed by atoms with E-state index in [-0.39, 0.29) is 11.8 Å². The second kappa shape index (κ2) is 6.97.